The second kappa shape index (κ2) is 8.54. The Morgan fingerprint density at radius 2 is 1.77 bits per heavy atom. The van der Waals surface area contributed by atoms with Crippen LogP contribution in [0.15, 0.2) is 48.7 Å². The number of methoxy groups -OCH3 is 1. The predicted molar refractivity (Wildman–Crippen MR) is 104 cm³/mol. The monoisotopic (exact) mass is 352 g/mol. The molecule has 5 nitrogen and oxygen atoms in total. The number of H-pyrrole nitrogens is 1. The van der Waals surface area contributed by atoms with Gasteiger partial charge < -0.3 is 19.8 Å². The Bertz CT molecular complexity index is 869. The number of aromatic amines is 1. The first kappa shape index (κ1) is 18.0. The van der Waals surface area contributed by atoms with Crippen LogP contribution >= 0.6 is 0 Å². The third-order valence-corrected chi connectivity index (χ3v) is 4.23. The van der Waals surface area contributed by atoms with Crippen molar-refractivity contribution in [3.8, 4) is 5.75 Å². The highest BCUT2D eigenvalue weighted by Gasteiger charge is 2.06. The molecule has 1 amide bonds. The Morgan fingerprint density at radius 1 is 1.04 bits per heavy atom. The Kier molecular flexibility index (Phi) is 5.92. The molecule has 136 valence electrons. The van der Waals surface area contributed by atoms with Gasteiger partial charge in [0, 0.05) is 37.6 Å². The molecule has 0 radical (unpaired) electrons. The largest absolute Gasteiger partial charge is 0.493 e. The van der Waals surface area contributed by atoms with E-state index >= 15 is 0 Å². The summed E-state index contributed by atoms with van der Waals surface area (Å²) < 4.78 is 10.9. The molecule has 2 aromatic carbocycles. The lowest BCUT2D eigenvalue weighted by Crippen LogP contribution is -2.05. The van der Waals surface area contributed by atoms with Gasteiger partial charge in [-0.15, -0.1) is 0 Å². The Labute approximate surface area is 153 Å². The number of amides is 1. The molecule has 0 aliphatic rings. The first-order valence-electron chi connectivity index (χ1n) is 8.74. The van der Waals surface area contributed by atoms with Crippen LogP contribution in [-0.4, -0.2) is 31.2 Å². The second-order valence-electron chi connectivity index (χ2n) is 6.25. The van der Waals surface area contributed by atoms with Crippen molar-refractivity contribution in [2.75, 3.05) is 25.6 Å². The van der Waals surface area contributed by atoms with Crippen molar-refractivity contribution in [3.05, 3.63) is 59.8 Å². The van der Waals surface area contributed by atoms with E-state index in [0.717, 1.165) is 41.8 Å². The second-order valence-corrected chi connectivity index (χ2v) is 6.25. The fourth-order valence-corrected chi connectivity index (χ4v) is 2.88. The maximum atomic E-state index is 11.3. The number of fused-ring (bicyclic) bond motifs is 1. The van der Waals surface area contributed by atoms with E-state index in [1.165, 1.54) is 18.1 Å². The van der Waals surface area contributed by atoms with Crippen molar-refractivity contribution >= 4 is 22.5 Å². The predicted octanol–water partition coefficient (Wildman–Crippen LogP) is 3.94. The maximum absolute atomic E-state index is 11.3. The van der Waals surface area contributed by atoms with Crippen LogP contribution in [0.25, 0.3) is 10.9 Å². The van der Waals surface area contributed by atoms with E-state index in [2.05, 4.69) is 34.6 Å². The summed E-state index contributed by atoms with van der Waals surface area (Å²) >= 11 is 0. The molecule has 1 aromatic heterocycles. The minimum absolute atomic E-state index is 0.0754. The van der Waals surface area contributed by atoms with Crippen LogP contribution in [0.4, 0.5) is 5.69 Å². The van der Waals surface area contributed by atoms with E-state index in [9.17, 15) is 4.79 Å². The van der Waals surface area contributed by atoms with Crippen molar-refractivity contribution in [3.63, 3.8) is 0 Å². The number of nitrogens with one attached hydrogen (secondary N) is 2. The number of ether oxygens (including phenoxy) is 2. The minimum Gasteiger partial charge on any atom is -0.493 e. The lowest BCUT2D eigenvalue weighted by Gasteiger charge is -2.08. The third kappa shape index (κ3) is 4.64. The summed E-state index contributed by atoms with van der Waals surface area (Å²) in [6, 6.07) is 14.3. The van der Waals surface area contributed by atoms with Crippen LogP contribution in [-0.2, 0) is 22.4 Å². The zero-order valence-corrected chi connectivity index (χ0v) is 15.2. The number of hydrogen-bond acceptors (Lipinski definition) is 3. The zero-order chi connectivity index (χ0) is 18.4. The molecule has 1 heterocycles. The van der Waals surface area contributed by atoms with Crippen molar-refractivity contribution in [1.29, 1.82) is 0 Å². The topological polar surface area (TPSA) is 63.4 Å². The zero-order valence-electron chi connectivity index (χ0n) is 15.2. The van der Waals surface area contributed by atoms with Crippen LogP contribution in [0.1, 0.15) is 18.1 Å². The van der Waals surface area contributed by atoms with Gasteiger partial charge in [0.15, 0.2) is 0 Å². The van der Waals surface area contributed by atoms with Crippen LogP contribution in [0.5, 0.6) is 5.75 Å². The number of aromatic nitrogens is 1. The van der Waals surface area contributed by atoms with Gasteiger partial charge in [0.05, 0.1) is 18.9 Å². The highest BCUT2D eigenvalue weighted by molar-refractivity contribution is 6.01. The van der Waals surface area contributed by atoms with Crippen molar-refractivity contribution in [1.82, 2.24) is 4.98 Å². The van der Waals surface area contributed by atoms with Gasteiger partial charge in [-0.3, -0.25) is 4.79 Å². The van der Waals surface area contributed by atoms with Crippen LogP contribution in [0.2, 0.25) is 0 Å². The van der Waals surface area contributed by atoms with Crippen LogP contribution in [0, 0.1) is 0 Å². The summed E-state index contributed by atoms with van der Waals surface area (Å²) in [5, 5.41) is 3.86. The van der Waals surface area contributed by atoms with Gasteiger partial charge in [-0.05, 0) is 41.8 Å². The number of rotatable bonds is 8. The molecule has 26 heavy (non-hydrogen) atoms. The summed E-state index contributed by atoms with van der Waals surface area (Å²) in [5.74, 6) is 0.793. The van der Waals surface area contributed by atoms with E-state index in [0.29, 0.717) is 6.61 Å². The number of benzene rings is 2. The normalized spacial score (nSPS) is 10.8. The number of carbonyl (C=O) groups excluding carboxylic acids is 1. The molecule has 3 aromatic rings. The summed E-state index contributed by atoms with van der Waals surface area (Å²) in [5.41, 5.74) is 4.22. The molecule has 3 rings (SSSR count). The molecule has 0 saturated carbocycles. The van der Waals surface area contributed by atoms with Crippen LogP contribution < -0.4 is 10.1 Å². The molecule has 5 heteroatoms. The molecule has 0 aliphatic heterocycles. The lowest BCUT2D eigenvalue weighted by molar-refractivity contribution is -0.114. The lowest BCUT2D eigenvalue weighted by atomic mass is 10.1. The maximum Gasteiger partial charge on any atom is 0.221 e. The van der Waals surface area contributed by atoms with E-state index in [-0.39, 0.29) is 5.91 Å². The Hall–Kier alpha value is -2.79. The fraction of sp³-hybridized carbons (Fsp3) is 0.286. The van der Waals surface area contributed by atoms with Crippen LogP contribution in [0.3, 0.4) is 0 Å². The number of anilines is 1. The van der Waals surface area contributed by atoms with Gasteiger partial charge >= 0.3 is 0 Å². The van der Waals surface area contributed by atoms with E-state index in [4.69, 9.17) is 9.47 Å². The molecule has 0 aliphatic carbocycles. The highest BCUT2D eigenvalue weighted by Crippen LogP contribution is 2.24. The molecule has 0 unspecified atom stereocenters. The van der Waals surface area contributed by atoms with Crippen molar-refractivity contribution < 1.29 is 14.3 Å². The molecule has 0 saturated heterocycles. The Morgan fingerprint density at radius 3 is 2.50 bits per heavy atom. The van der Waals surface area contributed by atoms with Gasteiger partial charge in [0.25, 0.3) is 0 Å². The third-order valence-electron chi connectivity index (χ3n) is 4.23. The highest BCUT2D eigenvalue weighted by atomic mass is 16.5. The summed E-state index contributed by atoms with van der Waals surface area (Å²) in [6.07, 6.45) is 3.52. The average Bonchev–Trinajstić information content (AvgIpc) is 3.03. The van der Waals surface area contributed by atoms with Gasteiger partial charge in [0.2, 0.25) is 5.91 Å². The van der Waals surface area contributed by atoms with Gasteiger partial charge in [0.1, 0.15) is 5.75 Å². The quantitative estimate of drug-likeness (QED) is 0.645. The van der Waals surface area contributed by atoms with E-state index < -0.39 is 0 Å². The smallest absolute Gasteiger partial charge is 0.221 e. The molecule has 2 N–H and O–H groups in total. The number of carbonyl (C=O) groups is 1. The van der Waals surface area contributed by atoms with E-state index in [1.807, 2.05) is 24.4 Å². The molecule has 0 bridgehead atoms. The van der Waals surface area contributed by atoms with Crippen molar-refractivity contribution in [2.24, 2.45) is 0 Å². The first-order valence-corrected chi connectivity index (χ1v) is 8.74. The SMILES string of the molecule is COCCc1ccc(OCCc2ccc3[nH]cc(NC(C)=O)c3c2)cc1. The average molecular weight is 352 g/mol. The molecular weight excluding hydrogens is 328 g/mol. The molecule has 0 spiro atoms. The fourth-order valence-electron chi connectivity index (χ4n) is 2.88. The molecule has 0 atom stereocenters. The van der Waals surface area contributed by atoms with Gasteiger partial charge in [-0.25, -0.2) is 0 Å². The minimum atomic E-state index is -0.0754. The summed E-state index contributed by atoms with van der Waals surface area (Å²) in [6.45, 7) is 2.84. The van der Waals surface area contributed by atoms with E-state index in [1.54, 1.807) is 7.11 Å². The standard InChI is InChI=1S/C21H24N2O3/c1-15(24)23-21-14-22-20-8-5-17(13-19(20)21)10-12-26-18-6-3-16(4-7-18)9-11-25-2/h3-8,13-14,22H,9-12H2,1-2H3,(H,23,24). The Balaban J connectivity index is 1.58. The molecule has 0 fully saturated rings. The molecular formula is C21H24N2O3. The van der Waals surface area contributed by atoms with Gasteiger partial charge in [-0.2, -0.15) is 0 Å². The van der Waals surface area contributed by atoms with Gasteiger partial charge in [-0.1, -0.05) is 18.2 Å². The first-order chi connectivity index (χ1) is 12.7. The summed E-state index contributed by atoms with van der Waals surface area (Å²) in [4.78, 5) is 14.5. The van der Waals surface area contributed by atoms with Crippen molar-refractivity contribution in [2.45, 2.75) is 19.8 Å². The number of hydrogen-bond donors (Lipinski definition) is 2. The summed E-state index contributed by atoms with van der Waals surface area (Å²) in [7, 11) is 1.71.